The molecule has 1 amide bonds. The number of allylic oxidation sites excluding steroid dienone is 1. The van der Waals surface area contributed by atoms with Gasteiger partial charge in [-0.25, -0.2) is 0 Å². The Bertz CT molecular complexity index is 682. The molecule has 1 aliphatic rings. The van der Waals surface area contributed by atoms with Crippen LogP contribution < -0.4 is 20.7 Å². The van der Waals surface area contributed by atoms with Crippen LogP contribution in [0.2, 0.25) is 0 Å². The lowest BCUT2D eigenvalue weighted by Gasteiger charge is -2.39. The van der Waals surface area contributed by atoms with E-state index in [4.69, 9.17) is 15.2 Å². The average molecular weight is 390 g/mol. The van der Waals surface area contributed by atoms with Crippen LogP contribution in [0.25, 0.3) is 0 Å². The predicted octanol–water partition coefficient (Wildman–Crippen LogP) is 3.14. The number of ether oxygens (including phenoxy) is 2. The van der Waals surface area contributed by atoms with E-state index in [0.29, 0.717) is 24.9 Å². The van der Waals surface area contributed by atoms with Gasteiger partial charge in [-0.15, -0.1) is 0 Å². The molecule has 6 nitrogen and oxygen atoms in total. The highest BCUT2D eigenvalue weighted by Crippen LogP contribution is 2.33. The molecule has 1 saturated heterocycles. The van der Waals surface area contributed by atoms with Crippen LogP contribution in [-0.4, -0.2) is 44.9 Å². The maximum atomic E-state index is 11.6. The molecule has 0 bridgehead atoms. The number of amides is 1. The molecule has 1 heterocycles. The van der Waals surface area contributed by atoms with E-state index in [1.165, 1.54) is 11.3 Å². The molecule has 156 valence electrons. The summed E-state index contributed by atoms with van der Waals surface area (Å²) >= 11 is 0. The van der Waals surface area contributed by atoms with Gasteiger partial charge in [0.2, 0.25) is 0 Å². The molecule has 1 aromatic rings. The van der Waals surface area contributed by atoms with Crippen LogP contribution in [0.3, 0.4) is 0 Å². The molecule has 0 unspecified atom stereocenters. The summed E-state index contributed by atoms with van der Waals surface area (Å²) in [5.74, 6) is 0.588. The van der Waals surface area contributed by atoms with Gasteiger partial charge in [0.15, 0.2) is 6.61 Å². The number of hydrogen-bond donors (Lipinski definition) is 2. The van der Waals surface area contributed by atoms with Crippen LogP contribution >= 0.6 is 0 Å². The van der Waals surface area contributed by atoms with Crippen molar-refractivity contribution in [2.45, 2.75) is 53.0 Å². The van der Waals surface area contributed by atoms with Gasteiger partial charge >= 0.3 is 0 Å². The van der Waals surface area contributed by atoms with E-state index in [-0.39, 0.29) is 12.5 Å². The second-order valence-electron chi connectivity index (χ2n) is 7.19. The summed E-state index contributed by atoms with van der Waals surface area (Å²) in [5.41, 5.74) is 10.9. The summed E-state index contributed by atoms with van der Waals surface area (Å²) in [7, 11) is 0. The van der Waals surface area contributed by atoms with Crippen LogP contribution in [0.15, 0.2) is 29.5 Å². The molecule has 2 rings (SSSR count). The van der Waals surface area contributed by atoms with Gasteiger partial charge in [-0.3, -0.25) is 4.79 Å². The number of likely N-dealkylation sites (N-methyl/N-ethyl adjacent to an activating group) is 1. The van der Waals surface area contributed by atoms with Crippen molar-refractivity contribution < 1.29 is 14.3 Å². The van der Waals surface area contributed by atoms with Gasteiger partial charge in [0.1, 0.15) is 5.75 Å². The van der Waals surface area contributed by atoms with Gasteiger partial charge in [0.05, 0.1) is 0 Å². The fourth-order valence-electron chi connectivity index (χ4n) is 3.57. The molecule has 0 atom stereocenters. The lowest BCUT2D eigenvalue weighted by molar-refractivity contribution is -0.122. The molecule has 3 N–H and O–H groups in total. The van der Waals surface area contributed by atoms with Gasteiger partial charge in [-0.1, -0.05) is 12.5 Å². The quantitative estimate of drug-likeness (QED) is 0.678. The van der Waals surface area contributed by atoms with E-state index in [1.54, 1.807) is 0 Å². The highest BCUT2D eigenvalue weighted by Gasteiger charge is 2.26. The zero-order valence-corrected chi connectivity index (χ0v) is 17.7. The Balaban J connectivity index is 2.30. The fourth-order valence-corrected chi connectivity index (χ4v) is 3.57. The lowest BCUT2D eigenvalue weighted by Crippen LogP contribution is -2.41. The Morgan fingerprint density at radius 1 is 1.32 bits per heavy atom. The molecule has 0 aromatic heterocycles. The summed E-state index contributed by atoms with van der Waals surface area (Å²) in [6.07, 6.45) is 2.93. The molecule has 0 radical (unpaired) electrons. The van der Waals surface area contributed by atoms with Crippen molar-refractivity contribution in [1.29, 1.82) is 0 Å². The third-order valence-corrected chi connectivity index (χ3v) is 5.23. The molecule has 1 fully saturated rings. The predicted molar refractivity (Wildman–Crippen MR) is 114 cm³/mol. The molecule has 28 heavy (non-hydrogen) atoms. The number of aryl methyl sites for hydroxylation is 1. The molecule has 0 saturated carbocycles. The van der Waals surface area contributed by atoms with Crippen LogP contribution in [0.4, 0.5) is 5.69 Å². The number of carbonyl (C=O) groups excluding carboxylic acids is 1. The first-order valence-corrected chi connectivity index (χ1v) is 10.3. The van der Waals surface area contributed by atoms with E-state index in [1.807, 2.05) is 19.1 Å². The van der Waals surface area contributed by atoms with Crippen molar-refractivity contribution in [3.05, 3.63) is 35.0 Å². The number of anilines is 1. The van der Waals surface area contributed by atoms with Gasteiger partial charge in [0, 0.05) is 43.7 Å². The number of carbonyl (C=O) groups is 1. The summed E-state index contributed by atoms with van der Waals surface area (Å²) in [4.78, 5) is 14.1. The molecule has 0 aliphatic carbocycles. The summed E-state index contributed by atoms with van der Waals surface area (Å²) in [5, 5.41) is 2.74. The van der Waals surface area contributed by atoms with Crippen LogP contribution in [0.1, 0.15) is 45.6 Å². The van der Waals surface area contributed by atoms with E-state index in [0.717, 1.165) is 43.7 Å². The van der Waals surface area contributed by atoms with Crippen molar-refractivity contribution in [2.75, 3.05) is 37.8 Å². The first kappa shape index (κ1) is 22.2. The lowest BCUT2D eigenvalue weighted by atomic mass is 10.0. The van der Waals surface area contributed by atoms with E-state index >= 15 is 0 Å². The fraction of sp³-hybridized carbons (Fsp3) is 0.591. The zero-order valence-electron chi connectivity index (χ0n) is 17.7. The minimum atomic E-state index is -0.111. The minimum Gasteiger partial charge on any atom is -0.484 e. The van der Waals surface area contributed by atoms with E-state index in [9.17, 15) is 4.79 Å². The van der Waals surface area contributed by atoms with Crippen molar-refractivity contribution >= 4 is 11.6 Å². The molecule has 6 heteroatoms. The highest BCUT2D eigenvalue weighted by atomic mass is 16.5. The maximum Gasteiger partial charge on any atom is 0.257 e. The standard InChI is InChI=1S/C22H35N3O3/c1-5-16(3)21(14-23)25(18-9-11-27-12-10-18)20-8-7-19(13-17(20)4)28-15-22(26)24-6-2/h7-8,13,18H,5-6,9-12,14-15,23H2,1-4H3,(H,24,26)/b21-16+. The van der Waals surface area contributed by atoms with Crippen molar-refractivity contribution in [3.63, 3.8) is 0 Å². The molecule has 1 aliphatic heterocycles. The Morgan fingerprint density at radius 2 is 2.04 bits per heavy atom. The first-order chi connectivity index (χ1) is 13.5. The Labute approximate surface area is 169 Å². The zero-order chi connectivity index (χ0) is 20.5. The van der Waals surface area contributed by atoms with Crippen LogP contribution in [0, 0.1) is 6.92 Å². The van der Waals surface area contributed by atoms with Gasteiger partial charge < -0.3 is 25.4 Å². The number of nitrogens with two attached hydrogens (primary N) is 1. The largest absolute Gasteiger partial charge is 0.484 e. The third kappa shape index (κ3) is 5.72. The highest BCUT2D eigenvalue weighted by molar-refractivity contribution is 5.77. The van der Waals surface area contributed by atoms with E-state index in [2.05, 4.69) is 37.1 Å². The number of rotatable bonds is 9. The molecule has 0 spiro atoms. The third-order valence-electron chi connectivity index (χ3n) is 5.23. The van der Waals surface area contributed by atoms with Crippen molar-refractivity contribution in [2.24, 2.45) is 5.73 Å². The minimum absolute atomic E-state index is 0.0270. The Morgan fingerprint density at radius 3 is 2.61 bits per heavy atom. The second-order valence-corrected chi connectivity index (χ2v) is 7.19. The number of benzene rings is 1. The number of nitrogens with zero attached hydrogens (tertiary/aromatic N) is 1. The van der Waals surface area contributed by atoms with Gasteiger partial charge in [0.25, 0.3) is 5.91 Å². The van der Waals surface area contributed by atoms with Crippen molar-refractivity contribution in [3.8, 4) is 5.75 Å². The second kappa shape index (κ2) is 11.1. The van der Waals surface area contributed by atoms with Crippen LogP contribution in [-0.2, 0) is 9.53 Å². The SMILES string of the molecule is CCNC(=O)COc1ccc(N(/C(CN)=C(\C)CC)C2CCOCC2)c(C)c1. The monoisotopic (exact) mass is 389 g/mol. The maximum absolute atomic E-state index is 11.6. The number of nitrogens with one attached hydrogen (secondary N) is 1. The molecular formula is C22H35N3O3. The first-order valence-electron chi connectivity index (χ1n) is 10.3. The Kier molecular flexibility index (Phi) is 8.80. The topological polar surface area (TPSA) is 76.8 Å². The number of hydrogen-bond acceptors (Lipinski definition) is 5. The normalized spacial score (nSPS) is 15.8. The summed E-state index contributed by atoms with van der Waals surface area (Å²) < 4.78 is 11.2. The molecule has 1 aromatic carbocycles. The van der Waals surface area contributed by atoms with E-state index < -0.39 is 0 Å². The van der Waals surface area contributed by atoms with Crippen molar-refractivity contribution in [1.82, 2.24) is 5.32 Å². The molecular weight excluding hydrogens is 354 g/mol. The average Bonchev–Trinajstić information content (AvgIpc) is 2.71. The summed E-state index contributed by atoms with van der Waals surface area (Å²) in [6.45, 7) is 11.0. The van der Waals surface area contributed by atoms with Gasteiger partial charge in [-0.05, 0) is 63.8 Å². The smallest absolute Gasteiger partial charge is 0.257 e. The summed E-state index contributed by atoms with van der Waals surface area (Å²) in [6, 6.07) is 6.38. The van der Waals surface area contributed by atoms with Gasteiger partial charge in [-0.2, -0.15) is 0 Å². The Hall–Kier alpha value is -2.05. The van der Waals surface area contributed by atoms with Crippen LogP contribution in [0.5, 0.6) is 5.75 Å².